The van der Waals surface area contributed by atoms with Crippen molar-refractivity contribution >= 4 is 33.0 Å². The summed E-state index contributed by atoms with van der Waals surface area (Å²) in [5, 5.41) is 0.572. The molecule has 1 aromatic heterocycles. The number of furan rings is 1. The summed E-state index contributed by atoms with van der Waals surface area (Å²) < 4.78 is 29.9. The van der Waals surface area contributed by atoms with Crippen LogP contribution in [0.5, 0.6) is 0 Å². The number of amides is 1. The zero-order chi connectivity index (χ0) is 17.6. The second-order valence-electron chi connectivity index (χ2n) is 6.44. The van der Waals surface area contributed by atoms with Crippen molar-refractivity contribution in [3.8, 4) is 0 Å². The number of anilines is 1. The van der Waals surface area contributed by atoms with Gasteiger partial charge in [0.25, 0.3) is 0 Å². The molecule has 25 heavy (non-hydrogen) atoms. The molecule has 1 amide bonds. The number of rotatable bonds is 3. The summed E-state index contributed by atoms with van der Waals surface area (Å²) in [7, 11) is -3.21. The number of hydrogen-bond donors (Lipinski definition) is 0. The predicted molar refractivity (Wildman–Crippen MR) is 94.3 cm³/mol. The standard InChI is InChI=1S/C17H17ClN2O4S/c18-12-3-5-13(6-4-12)20-16-11-25(22,23)10-15(16)19(9-17(20)21)8-14-2-1-7-24-14/h1-7,15-16H,8-11H2/t15-,16+/m0/s1. The van der Waals surface area contributed by atoms with Crippen LogP contribution in [0.1, 0.15) is 5.76 Å². The number of nitrogens with zero attached hydrogens (tertiary/aromatic N) is 2. The highest BCUT2D eigenvalue weighted by Gasteiger charge is 2.49. The highest BCUT2D eigenvalue weighted by molar-refractivity contribution is 7.91. The molecule has 4 rings (SSSR count). The smallest absolute Gasteiger partial charge is 0.241 e. The number of halogens is 1. The highest BCUT2D eigenvalue weighted by atomic mass is 35.5. The van der Waals surface area contributed by atoms with Gasteiger partial charge in [0, 0.05) is 16.8 Å². The van der Waals surface area contributed by atoms with E-state index in [9.17, 15) is 13.2 Å². The Bertz CT molecular complexity index is 880. The van der Waals surface area contributed by atoms with Crippen molar-refractivity contribution in [1.82, 2.24) is 4.90 Å². The fourth-order valence-corrected chi connectivity index (χ4v) is 5.78. The Kier molecular flexibility index (Phi) is 4.10. The Morgan fingerprint density at radius 3 is 2.52 bits per heavy atom. The second kappa shape index (κ2) is 6.16. The molecule has 6 nitrogen and oxygen atoms in total. The molecule has 2 aliphatic rings. The van der Waals surface area contributed by atoms with Crippen LogP contribution in [-0.4, -0.2) is 49.4 Å². The number of sulfone groups is 1. The van der Waals surface area contributed by atoms with Gasteiger partial charge in [-0.15, -0.1) is 0 Å². The Hall–Kier alpha value is -1.83. The van der Waals surface area contributed by atoms with E-state index in [-0.39, 0.29) is 30.0 Å². The molecule has 1 aromatic carbocycles. The fourth-order valence-electron chi connectivity index (χ4n) is 3.67. The molecule has 2 saturated heterocycles. The van der Waals surface area contributed by atoms with E-state index < -0.39 is 15.9 Å². The lowest BCUT2D eigenvalue weighted by molar-refractivity contribution is -0.123. The lowest BCUT2D eigenvalue weighted by Crippen LogP contribution is -2.61. The molecule has 0 aliphatic carbocycles. The van der Waals surface area contributed by atoms with Gasteiger partial charge in [-0.3, -0.25) is 9.69 Å². The number of benzene rings is 1. The van der Waals surface area contributed by atoms with Crippen molar-refractivity contribution in [1.29, 1.82) is 0 Å². The number of carbonyl (C=O) groups is 1. The minimum atomic E-state index is -3.21. The molecule has 132 valence electrons. The van der Waals surface area contributed by atoms with Crippen molar-refractivity contribution in [3.05, 3.63) is 53.4 Å². The summed E-state index contributed by atoms with van der Waals surface area (Å²) in [5.41, 5.74) is 0.680. The maximum absolute atomic E-state index is 12.8. The molecule has 0 bridgehead atoms. The van der Waals surface area contributed by atoms with E-state index in [0.29, 0.717) is 17.3 Å². The summed E-state index contributed by atoms with van der Waals surface area (Å²) in [4.78, 5) is 16.3. The van der Waals surface area contributed by atoms with Crippen molar-refractivity contribution in [2.75, 3.05) is 23.0 Å². The molecular formula is C17H17ClN2O4S. The lowest BCUT2D eigenvalue weighted by Gasteiger charge is -2.43. The Morgan fingerprint density at radius 1 is 1.12 bits per heavy atom. The van der Waals surface area contributed by atoms with E-state index in [1.807, 2.05) is 11.0 Å². The average Bonchev–Trinajstić information content (AvgIpc) is 3.16. The van der Waals surface area contributed by atoms with Crippen LogP contribution >= 0.6 is 11.6 Å². The van der Waals surface area contributed by atoms with Gasteiger partial charge in [0.15, 0.2) is 9.84 Å². The van der Waals surface area contributed by atoms with Crippen LogP contribution in [-0.2, 0) is 21.2 Å². The second-order valence-corrected chi connectivity index (χ2v) is 9.03. The van der Waals surface area contributed by atoms with E-state index in [4.69, 9.17) is 16.0 Å². The molecule has 0 N–H and O–H groups in total. The monoisotopic (exact) mass is 380 g/mol. The average molecular weight is 381 g/mol. The van der Waals surface area contributed by atoms with Gasteiger partial charge in [-0.05, 0) is 36.4 Å². The number of piperazine rings is 1. The van der Waals surface area contributed by atoms with Crippen LogP contribution in [0.2, 0.25) is 5.02 Å². The SMILES string of the molecule is O=C1CN(Cc2ccco2)[C@H]2CS(=O)(=O)C[C@H]2N1c1ccc(Cl)cc1. The number of carbonyl (C=O) groups excluding carboxylic acids is 1. The normalized spacial score (nSPS) is 26.0. The van der Waals surface area contributed by atoms with Gasteiger partial charge in [-0.25, -0.2) is 8.42 Å². The molecule has 8 heteroatoms. The van der Waals surface area contributed by atoms with Gasteiger partial charge < -0.3 is 9.32 Å². The van der Waals surface area contributed by atoms with E-state index in [2.05, 4.69) is 0 Å². The first kappa shape index (κ1) is 16.6. The Balaban J connectivity index is 1.68. The lowest BCUT2D eigenvalue weighted by atomic mass is 10.0. The summed E-state index contributed by atoms with van der Waals surface area (Å²) in [6, 6.07) is 9.88. The van der Waals surface area contributed by atoms with Crippen LogP contribution in [0.3, 0.4) is 0 Å². The third-order valence-corrected chi connectivity index (χ3v) is 6.70. The molecular weight excluding hydrogens is 364 g/mol. The zero-order valence-electron chi connectivity index (χ0n) is 13.3. The van der Waals surface area contributed by atoms with Crippen molar-refractivity contribution < 1.29 is 17.6 Å². The first-order valence-electron chi connectivity index (χ1n) is 7.97. The van der Waals surface area contributed by atoms with Gasteiger partial charge in [-0.1, -0.05) is 11.6 Å². The van der Waals surface area contributed by atoms with E-state index in [1.165, 1.54) is 0 Å². The molecule has 2 atom stereocenters. The quantitative estimate of drug-likeness (QED) is 0.813. The van der Waals surface area contributed by atoms with Crippen LogP contribution in [0.25, 0.3) is 0 Å². The summed E-state index contributed by atoms with van der Waals surface area (Å²) >= 11 is 5.93. The van der Waals surface area contributed by atoms with Crippen LogP contribution in [0, 0.1) is 0 Å². The van der Waals surface area contributed by atoms with Crippen LogP contribution in [0.4, 0.5) is 5.69 Å². The summed E-state index contributed by atoms with van der Waals surface area (Å²) in [5.74, 6) is 0.624. The first-order valence-corrected chi connectivity index (χ1v) is 10.2. The number of fused-ring (bicyclic) bond motifs is 1. The maximum Gasteiger partial charge on any atom is 0.241 e. The van der Waals surface area contributed by atoms with Gasteiger partial charge >= 0.3 is 0 Å². The predicted octanol–water partition coefficient (Wildman–Crippen LogP) is 1.95. The zero-order valence-corrected chi connectivity index (χ0v) is 14.9. The molecule has 0 unspecified atom stereocenters. The molecule has 0 saturated carbocycles. The summed E-state index contributed by atoms with van der Waals surface area (Å²) in [6.45, 7) is 0.573. The van der Waals surface area contributed by atoms with Gasteiger partial charge in [0.2, 0.25) is 5.91 Å². The van der Waals surface area contributed by atoms with Gasteiger partial charge in [-0.2, -0.15) is 0 Å². The third-order valence-electron chi connectivity index (χ3n) is 4.75. The maximum atomic E-state index is 12.8. The van der Waals surface area contributed by atoms with Crippen molar-refractivity contribution in [2.24, 2.45) is 0 Å². The van der Waals surface area contributed by atoms with E-state index >= 15 is 0 Å². The molecule has 3 heterocycles. The highest BCUT2D eigenvalue weighted by Crippen LogP contribution is 2.32. The largest absolute Gasteiger partial charge is 0.468 e. The minimum absolute atomic E-state index is 0.0271. The Labute approximate surface area is 150 Å². The van der Waals surface area contributed by atoms with Crippen molar-refractivity contribution in [3.63, 3.8) is 0 Å². The minimum Gasteiger partial charge on any atom is -0.468 e. The molecule has 0 radical (unpaired) electrons. The van der Waals surface area contributed by atoms with E-state index in [1.54, 1.807) is 41.5 Å². The molecule has 2 aliphatic heterocycles. The molecule has 2 aromatic rings. The van der Waals surface area contributed by atoms with Crippen molar-refractivity contribution in [2.45, 2.75) is 18.6 Å². The van der Waals surface area contributed by atoms with Gasteiger partial charge in [0.1, 0.15) is 5.76 Å². The summed E-state index contributed by atoms with van der Waals surface area (Å²) in [6.07, 6.45) is 1.57. The van der Waals surface area contributed by atoms with Crippen LogP contribution < -0.4 is 4.90 Å². The van der Waals surface area contributed by atoms with Gasteiger partial charge in [0.05, 0.1) is 36.9 Å². The third kappa shape index (κ3) is 3.19. The molecule has 2 fully saturated rings. The Morgan fingerprint density at radius 2 is 1.84 bits per heavy atom. The first-order chi connectivity index (χ1) is 11.9. The number of hydrogen-bond acceptors (Lipinski definition) is 5. The molecule has 0 spiro atoms. The van der Waals surface area contributed by atoms with E-state index in [0.717, 1.165) is 5.76 Å². The topological polar surface area (TPSA) is 70.8 Å². The fraction of sp³-hybridized carbons (Fsp3) is 0.353. The van der Waals surface area contributed by atoms with Crippen LogP contribution in [0.15, 0.2) is 47.1 Å².